The van der Waals surface area contributed by atoms with Crippen LogP contribution in [-0.4, -0.2) is 23.1 Å². The molecule has 4 atom stereocenters. The van der Waals surface area contributed by atoms with E-state index >= 15 is 0 Å². The summed E-state index contributed by atoms with van der Waals surface area (Å²) < 4.78 is 9.55. The van der Waals surface area contributed by atoms with Gasteiger partial charge in [-0.3, -0.25) is 0 Å². The number of aryl methyl sites for hydroxylation is 1. The Labute approximate surface area is 160 Å². The lowest BCUT2D eigenvalue weighted by Gasteiger charge is -2.37. The van der Waals surface area contributed by atoms with Crippen LogP contribution in [0, 0.1) is 24.7 Å². The van der Waals surface area contributed by atoms with Crippen LogP contribution in [0.25, 0.3) is 0 Å². The van der Waals surface area contributed by atoms with Gasteiger partial charge in [-0.2, -0.15) is 0 Å². The Morgan fingerprint density at radius 2 is 1.62 bits per heavy atom. The maximum Gasteiger partial charge on any atom is 0.105 e. The minimum Gasteiger partial charge on any atom is -0.352 e. The van der Waals surface area contributed by atoms with E-state index in [1.165, 1.54) is 62.6 Å². The molecule has 26 heavy (non-hydrogen) atoms. The van der Waals surface area contributed by atoms with E-state index in [1.54, 1.807) is 0 Å². The molecule has 4 aliphatic rings. The van der Waals surface area contributed by atoms with Gasteiger partial charge in [0.25, 0.3) is 0 Å². The second kappa shape index (κ2) is 6.62. The molecule has 2 nitrogen and oxygen atoms in total. The summed E-state index contributed by atoms with van der Waals surface area (Å²) in [6.45, 7) is 4.64. The molecular weight excluding hydrogens is 316 g/mol. The largest absolute Gasteiger partial charge is 0.352 e. The van der Waals surface area contributed by atoms with Gasteiger partial charge in [-0.1, -0.05) is 50.0 Å². The lowest BCUT2D eigenvalue weighted by atomic mass is 9.83. The standard InChI is InChI=1S/C24H34N2/c1-17-9-3-8-14-22(17)26-18(2)23-21(19-10-4-5-11-19)15-16-25(23)24(26)20-12-6-7-13-20/h3,8-9,14-16,18-21,23-24H,4-7,10-13H2,1-2H3/t18-,21?,23?,24?/m0/s1/i21D. The summed E-state index contributed by atoms with van der Waals surface area (Å²) in [6.07, 6.45) is 15.6. The van der Waals surface area contributed by atoms with Crippen molar-refractivity contribution in [2.45, 2.75) is 83.5 Å². The molecular formula is C24H34N2. The maximum atomic E-state index is 9.55. The summed E-state index contributed by atoms with van der Waals surface area (Å²) in [5.41, 5.74) is 2.76. The van der Waals surface area contributed by atoms with Crippen molar-refractivity contribution in [2.24, 2.45) is 17.7 Å². The Hall–Kier alpha value is -1.44. The number of para-hydroxylation sites is 1. The van der Waals surface area contributed by atoms with E-state index < -0.39 is 5.89 Å². The zero-order valence-corrected chi connectivity index (χ0v) is 16.4. The molecule has 140 valence electrons. The van der Waals surface area contributed by atoms with E-state index in [0.29, 0.717) is 24.2 Å². The molecule has 0 bridgehead atoms. The number of anilines is 1. The molecule has 0 radical (unpaired) electrons. The van der Waals surface area contributed by atoms with Crippen molar-refractivity contribution in [2.75, 3.05) is 4.90 Å². The van der Waals surface area contributed by atoms with Crippen molar-refractivity contribution < 1.29 is 1.37 Å². The monoisotopic (exact) mass is 351 g/mol. The SMILES string of the molecule is [2H]C1(C2CCCC2)C=CN2C(C3CCCC3)N(c3ccccc3C)[C@@H](C)C21. The Kier molecular flexibility index (Phi) is 3.97. The first-order valence-electron chi connectivity index (χ1n) is 11.4. The molecule has 2 heteroatoms. The van der Waals surface area contributed by atoms with E-state index in [-0.39, 0.29) is 0 Å². The van der Waals surface area contributed by atoms with Crippen molar-refractivity contribution in [1.82, 2.24) is 4.90 Å². The van der Waals surface area contributed by atoms with Gasteiger partial charge in [-0.15, -0.1) is 0 Å². The Morgan fingerprint density at radius 3 is 2.31 bits per heavy atom. The lowest BCUT2D eigenvalue weighted by molar-refractivity contribution is 0.182. The van der Waals surface area contributed by atoms with Crippen molar-refractivity contribution in [1.29, 1.82) is 0 Å². The molecule has 0 aromatic heterocycles. The molecule has 0 amide bonds. The predicted molar refractivity (Wildman–Crippen MR) is 109 cm³/mol. The number of hydrogen-bond acceptors (Lipinski definition) is 2. The third kappa shape index (κ3) is 2.52. The zero-order valence-electron chi connectivity index (χ0n) is 17.4. The first kappa shape index (κ1) is 15.6. The van der Waals surface area contributed by atoms with Crippen LogP contribution in [0.4, 0.5) is 5.69 Å². The first-order chi connectivity index (χ1) is 13.1. The number of benzene rings is 1. The van der Waals surface area contributed by atoms with Crippen LogP contribution in [0.3, 0.4) is 0 Å². The summed E-state index contributed by atoms with van der Waals surface area (Å²) in [4.78, 5) is 5.33. The van der Waals surface area contributed by atoms with E-state index in [4.69, 9.17) is 0 Å². The van der Waals surface area contributed by atoms with Gasteiger partial charge < -0.3 is 9.80 Å². The normalized spacial score (nSPS) is 38.4. The zero-order chi connectivity index (χ0) is 18.6. The fourth-order valence-corrected chi connectivity index (χ4v) is 6.43. The van der Waals surface area contributed by atoms with Crippen molar-refractivity contribution >= 4 is 5.69 Å². The van der Waals surface area contributed by atoms with Gasteiger partial charge in [0.1, 0.15) is 6.17 Å². The summed E-state index contributed by atoms with van der Waals surface area (Å²) in [5.74, 6) is 0.851. The van der Waals surface area contributed by atoms with Gasteiger partial charge in [-0.25, -0.2) is 0 Å². The second-order valence-corrected chi connectivity index (χ2v) is 9.08. The maximum absolute atomic E-state index is 9.55. The minimum absolute atomic E-state index is 0.297. The quantitative estimate of drug-likeness (QED) is 0.687. The van der Waals surface area contributed by atoms with Crippen LogP contribution in [0.5, 0.6) is 0 Å². The lowest BCUT2D eigenvalue weighted by Crippen LogP contribution is -2.43. The molecule has 0 N–H and O–H groups in total. The number of fused-ring (bicyclic) bond motifs is 1. The average Bonchev–Trinajstić information content (AvgIpc) is 3.43. The molecule has 2 aliphatic heterocycles. The molecule has 2 saturated carbocycles. The number of nitrogens with zero attached hydrogens (tertiary/aromatic N) is 2. The van der Waals surface area contributed by atoms with E-state index in [9.17, 15) is 1.37 Å². The number of rotatable bonds is 3. The van der Waals surface area contributed by atoms with E-state index in [0.717, 1.165) is 5.92 Å². The molecule has 3 fully saturated rings. The highest BCUT2D eigenvalue weighted by molar-refractivity contribution is 5.56. The summed E-state index contributed by atoms with van der Waals surface area (Å²) >= 11 is 0. The molecule has 2 aliphatic carbocycles. The average molecular weight is 352 g/mol. The van der Waals surface area contributed by atoms with Crippen LogP contribution in [-0.2, 0) is 0 Å². The van der Waals surface area contributed by atoms with Gasteiger partial charge in [0.2, 0.25) is 0 Å². The van der Waals surface area contributed by atoms with Crippen LogP contribution >= 0.6 is 0 Å². The van der Waals surface area contributed by atoms with Crippen molar-refractivity contribution in [3.8, 4) is 0 Å². The predicted octanol–water partition coefficient (Wildman–Crippen LogP) is 5.72. The summed E-state index contributed by atoms with van der Waals surface area (Å²) in [6, 6.07) is 9.57. The van der Waals surface area contributed by atoms with E-state index in [1.807, 2.05) is 0 Å². The smallest absolute Gasteiger partial charge is 0.105 e. The highest BCUT2D eigenvalue weighted by atomic mass is 15.5. The molecule has 0 spiro atoms. The van der Waals surface area contributed by atoms with Gasteiger partial charge in [-0.05, 0) is 69.2 Å². The molecule has 1 aromatic carbocycles. The third-order valence-corrected chi connectivity index (χ3v) is 7.63. The minimum atomic E-state index is -0.412. The van der Waals surface area contributed by atoms with Gasteiger partial charge >= 0.3 is 0 Å². The molecule has 1 aromatic rings. The highest BCUT2D eigenvalue weighted by Gasteiger charge is 2.53. The Morgan fingerprint density at radius 1 is 0.962 bits per heavy atom. The molecule has 2 heterocycles. The Bertz CT molecular complexity index is 719. The third-order valence-electron chi connectivity index (χ3n) is 7.63. The number of hydrogen-bond donors (Lipinski definition) is 0. The molecule has 3 unspecified atom stereocenters. The fraction of sp³-hybridized carbons (Fsp3) is 0.667. The highest BCUT2D eigenvalue weighted by Crippen LogP contribution is 2.49. The van der Waals surface area contributed by atoms with Crippen LogP contribution in [0.15, 0.2) is 36.5 Å². The van der Waals surface area contributed by atoms with Crippen molar-refractivity contribution in [3.05, 3.63) is 42.1 Å². The van der Waals surface area contributed by atoms with Gasteiger partial charge in [0, 0.05) is 19.0 Å². The van der Waals surface area contributed by atoms with Crippen molar-refractivity contribution in [3.63, 3.8) is 0 Å². The first-order valence-corrected chi connectivity index (χ1v) is 10.9. The Balaban J connectivity index is 1.56. The fourth-order valence-electron chi connectivity index (χ4n) is 6.43. The van der Waals surface area contributed by atoms with Crippen LogP contribution < -0.4 is 4.90 Å². The molecule has 5 rings (SSSR count). The van der Waals surface area contributed by atoms with Gasteiger partial charge in [0.05, 0.1) is 6.04 Å². The van der Waals surface area contributed by atoms with Crippen LogP contribution in [0.2, 0.25) is 0 Å². The van der Waals surface area contributed by atoms with Crippen LogP contribution in [0.1, 0.15) is 65.2 Å². The van der Waals surface area contributed by atoms with Gasteiger partial charge in [0.15, 0.2) is 0 Å². The van der Waals surface area contributed by atoms with E-state index in [2.05, 4.69) is 60.2 Å². The topological polar surface area (TPSA) is 6.48 Å². The summed E-state index contributed by atoms with van der Waals surface area (Å²) in [5, 5.41) is 0. The summed E-state index contributed by atoms with van der Waals surface area (Å²) in [7, 11) is 0. The second-order valence-electron chi connectivity index (χ2n) is 9.08. The molecule has 1 saturated heterocycles.